The van der Waals surface area contributed by atoms with Gasteiger partial charge < -0.3 is 10.0 Å². The highest BCUT2D eigenvalue weighted by Gasteiger charge is 2.41. The molecule has 1 aliphatic carbocycles. The lowest BCUT2D eigenvalue weighted by Crippen LogP contribution is -2.38. The number of fused-ring (bicyclic) bond motifs is 1. The summed E-state index contributed by atoms with van der Waals surface area (Å²) in [4.78, 5) is 26.7. The number of carboxylic acid groups (broad SMARTS) is 1. The predicted molar refractivity (Wildman–Crippen MR) is 97.3 cm³/mol. The summed E-state index contributed by atoms with van der Waals surface area (Å²) in [5.41, 5.74) is 1.03. The molecule has 25 heavy (non-hydrogen) atoms. The van der Waals surface area contributed by atoms with Gasteiger partial charge in [0.2, 0.25) is 5.91 Å². The van der Waals surface area contributed by atoms with Crippen LogP contribution in [0.2, 0.25) is 0 Å². The molecule has 0 radical (unpaired) electrons. The van der Waals surface area contributed by atoms with Gasteiger partial charge in [0.05, 0.1) is 5.41 Å². The molecule has 3 atom stereocenters. The maximum absolute atomic E-state index is 12.8. The smallest absolute Gasteiger partial charge is 0.310 e. The van der Waals surface area contributed by atoms with Crippen LogP contribution in [0.5, 0.6) is 0 Å². The Morgan fingerprint density at radius 1 is 1.20 bits per heavy atom. The molecule has 1 N–H and O–H groups in total. The third-order valence-corrected chi connectivity index (χ3v) is 6.06. The number of aryl methyl sites for hydroxylation is 1. The SMILES string of the molecule is Cc1cccc(CC(C)(CC(=O)N2C[C@H]3CCCC[C@H]3C2)C(=O)O)c1. The average Bonchev–Trinajstić information content (AvgIpc) is 2.99. The van der Waals surface area contributed by atoms with E-state index >= 15 is 0 Å². The summed E-state index contributed by atoms with van der Waals surface area (Å²) in [6, 6.07) is 7.90. The molecule has 2 fully saturated rings. The number of nitrogens with zero attached hydrogens (tertiary/aromatic N) is 1. The summed E-state index contributed by atoms with van der Waals surface area (Å²) in [5, 5.41) is 9.79. The molecule has 1 aliphatic heterocycles. The van der Waals surface area contributed by atoms with Gasteiger partial charge >= 0.3 is 5.97 Å². The van der Waals surface area contributed by atoms with Gasteiger partial charge in [-0.05, 0) is 50.5 Å². The quantitative estimate of drug-likeness (QED) is 0.887. The van der Waals surface area contributed by atoms with Crippen LogP contribution >= 0.6 is 0 Å². The number of hydrogen-bond acceptors (Lipinski definition) is 2. The Balaban J connectivity index is 1.68. The van der Waals surface area contributed by atoms with Gasteiger partial charge in [-0.2, -0.15) is 0 Å². The Morgan fingerprint density at radius 2 is 1.84 bits per heavy atom. The van der Waals surface area contributed by atoms with E-state index in [9.17, 15) is 14.7 Å². The fraction of sp³-hybridized carbons (Fsp3) is 0.619. The second kappa shape index (κ2) is 7.19. The molecule has 2 aliphatic rings. The Kier molecular flexibility index (Phi) is 5.16. The maximum Gasteiger partial charge on any atom is 0.310 e. The fourth-order valence-electron chi connectivity index (χ4n) is 4.54. The third-order valence-electron chi connectivity index (χ3n) is 6.06. The Hall–Kier alpha value is -1.84. The first kappa shape index (κ1) is 18.0. The first-order valence-electron chi connectivity index (χ1n) is 9.44. The van der Waals surface area contributed by atoms with Crippen LogP contribution in [-0.2, 0) is 16.0 Å². The molecule has 1 heterocycles. The highest BCUT2D eigenvalue weighted by molar-refractivity contribution is 5.85. The molecule has 0 spiro atoms. The molecule has 1 aromatic carbocycles. The van der Waals surface area contributed by atoms with Gasteiger partial charge in [-0.25, -0.2) is 0 Å². The van der Waals surface area contributed by atoms with E-state index < -0.39 is 11.4 Å². The van der Waals surface area contributed by atoms with Crippen molar-refractivity contribution in [3.63, 3.8) is 0 Å². The van der Waals surface area contributed by atoms with Gasteiger partial charge in [0.15, 0.2) is 0 Å². The van der Waals surface area contributed by atoms with Gasteiger partial charge in [-0.3, -0.25) is 9.59 Å². The van der Waals surface area contributed by atoms with Crippen molar-refractivity contribution >= 4 is 11.9 Å². The number of carboxylic acids is 1. The summed E-state index contributed by atoms with van der Waals surface area (Å²) >= 11 is 0. The number of hydrogen-bond donors (Lipinski definition) is 1. The van der Waals surface area contributed by atoms with Crippen molar-refractivity contribution in [3.8, 4) is 0 Å². The monoisotopic (exact) mass is 343 g/mol. The first-order valence-corrected chi connectivity index (χ1v) is 9.44. The van der Waals surface area contributed by atoms with Crippen LogP contribution in [0.3, 0.4) is 0 Å². The highest BCUT2D eigenvalue weighted by Crippen LogP contribution is 2.37. The van der Waals surface area contributed by atoms with Gasteiger partial charge in [0, 0.05) is 19.5 Å². The molecular weight excluding hydrogens is 314 g/mol. The summed E-state index contributed by atoms with van der Waals surface area (Å²) in [7, 11) is 0. The van der Waals surface area contributed by atoms with E-state index in [1.165, 1.54) is 25.7 Å². The van der Waals surface area contributed by atoms with Crippen molar-refractivity contribution in [1.29, 1.82) is 0 Å². The number of likely N-dealkylation sites (tertiary alicyclic amines) is 1. The molecule has 4 nitrogen and oxygen atoms in total. The fourth-order valence-corrected chi connectivity index (χ4v) is 4.54. The molecule has 1 unspecified atom stereocenters. The lowest BCUT2D eigenvalue weighted by atomic mass is 9.80. The second-order valence-electron chi connectivity index (χ2n) is 8.31. The topological polar surface area (TPSA) is 57.6 Å². The van der Waals surface area contributed by atoms with Crippen LogP contribution in [-0.4, -0.2) is 35.0 Å². The van der Waals surface area contributed by atoms with Gasteiger partial charge in [0.25, 0.3) is 0 Å². The van der Waals surface area contributed by atoms with E-state index in [1.54, 1.807) is 6.92 Å². The molecule has 4 heteroatoms. The minimum atomic E-state index is -1.06. The van der Waals surface area contributed by atoms with Crippen molar-refractivity contribution in [2.75, 3.05) is 13.1 Å². The van der Waals surface area contributed by atoms with Crippen LogP contribution in [0.15, 0.2) is 24.3 Å². The van der Waals surface area contributed by atoms with Crippen LogP contribution in [0, 0.1) is 24.2 Å². The number of benzene rings is 1. The van der Waals surface area contributed by atoms with Crippen LogP contribution < -0.4 is 0 Å². The molecule has 0 aromatic heterocycles. The van der Waals surface area contributed by atoms with Crippen molar-refractivity contribution in [1.82, 2.24) is 4.90 Å². The number of amides is 1. The van der Waals surface area contributed by atoms with Crippen molar-refractivity contribution < 1.29 is 14.7 Å². The van der Waals surface area contributed by atoms with E-state index in [-0.39, 0.29) is 12.3 Å². The maximum atomic E-state index is 12.8. The van der Waals surface area contributed by atoms with E-state index in [4.69, 9.17) is 0 Å². The second-order valence-corrected chi connectivity index (χ2v) is 8.31. The summed E-state index contributed by atoms with van der Waals surface area (Å²) in [6.07, 6.45) is 5.43. The van der Waals surface area contributed by atoms with E-state index in [2.05, 4.69) is 0 Å². The van der Waals surface area contributed by atoms with Crippen molar-refractivity contribution in [2.24, 2.45) is 17.3 Å². The van der Waals surface area contributed by atoms with Gasteiger partial charge in [-0.15, -0.1) is 0 Å². The summed E-state index contributed by atoms with van der Waals surface area (Å²) < 4.78 is 0. The minimum Gasteiger partial charge on any atom is -0.481 e. The lowest BCUT2D eigenvalue weighted by molar-refractivity contribution is -0.152. The highest BCUT2D eigenvalue weighted by atomic mass is 16.4. The Labute approximate surface area is 150 Å². The standard InChI is InChI=1S/C21H29NO3/c1-15-6-5-7-16(10-15)11-21(2,20(24)25)12-19(23)22-13-17-8-3-4-9-18(17)14-22/h5-7,10,17-18H,3-4,8-9,11-14H2,1-2H3,(H,24,25)/t17-,18+,21?. The molecule has 136 valence electrons. The molecule has 0 bridgehead atoms. The van der Waals surface area contributed by atoms with Gasteiger partial charge in [0.1, 0.15) is 0 Å². The molecule has 1 amide bonds. The summed E-state index contributed by atoms with van der Waals surface area (Å²) in [5.74, 6) is 0.377. The number of aliphatic carboxylic acids is 1. The lowest BCUT2D eigenvalue weighted by Gasteiger charge is -2.27. The van der Waals surface area contributed by atoms with E-state index in [0.717, 1.165) is 24.2 Å². The number of carbonyl (C=O) groups is 2. The number of carbonyl (C=O) groups excluding carboxylic acids is 1. The van der Waals surface area contributed by atoms with Crippen LogP contribution in [0.1, 0.15) is 50.2 Å². The normalized spacial score (nSPS) is 25.3. The predicted octanol–water partition coefficient (Wildman–Crippen LogP) is 3.67. The third kappa shape index (κ3) is 4.05. The molecule has 1 aromatic rings. The van der Waals surface area contributed by atoms with Gasteiger partial charge in [-0.1, -0.05) is 42.7 Å². The Bertz CT molecular complexity index is 642. The molecule has 3 rings (SSSR count). The zero-order chi connectivity index (χ0) is 18.0. The van der Waals surface area contributed by atoms with Crippen molar-refractivity contribution in [3.05, 3.63) is 35.4 Å². The first-order chi connectivity index (χ1) is 11.9. The molecule has 1 saturated heterocycles. The summed E-state index contributed by atoms with van der Waals surface area (Å²) in [6.45, 7) is 5.35. The number of rotatable bonds is 5. The van der Waals surface area contributed by atoms with Crippen LogP contribution in [0.25, 0.3) is 0 Å². The van der Waals surface area contributed by atoms with E-state index in [0.29, 0.717) is 18.3 Å². The zero-order valence-electron chi connectivity index (χ0n) is 15.3. The van der Waals surface area contributed by atoms with Crippen molar-refractivity contribution in [2.45, 2.75) is 52.4 Å². The average molecular weight is 343 g/mol. The largest absolute Gasteiger partial charge is 0.481 e. The Morgan fingerprint density at radius 3 is 2.40 bits per heavy atom. The van der Waals surface area contributed by atoms with E-state index in [1.807, 2.05) is 36.1 Å². The molecule has 1 saturated carbocycles. The minimum absolute atomic E-state index is 0.00644. The zero-order valence-corrected chi connectivity index (χ0v) is 15.3. The molecular formula is C21H29NO3. The van der Waals surface area contributed by atoms with Crippen LogP contribution in [0.4, 0.5) is 0 Å².